The van der Waals surface area contributed by atoms with Gasteiger partial charge in [-0.2, -0.15) is 0 Å². The number of nitrogens with zero attached hydrogens (tertiary/aromatic N) is 5. The first kappa shape index (κ1) is 14.6. The van der Waals surface area contributed by atoms with E-state index >= 15 is 0 Å². The van der Waals surface area contributed by atoms with E-state index in [1.54, 1.807) is 11.0 Å². The van der Waals surface area contributed by atoms with Crippen LogP contribution in [-0.4, -0.2) is 37.6 Å². The minimum absolute atomic E-state index is 0.0819. The molecule has 0 bridgehead atoms. The van der Waals surface area contributed by atoms with Crippen molar-refractivity contribution in [1.29, 1.82) is 0 Å². The van der Waals surface area contributed by atoms with Crippen LogP contribution < -0.4 is 0 Å². The topological polar surface area (TPSA) is 63.9 Å². The van der Waals surface area contributed by atoms with Gasteiger partial charge in [-0.05, 0) is 45.7 Å². The van der Waals surface area contributed by atoms with Gasteiger partial charge in [0.25, 0.3) is 5.91 Å². The second kappa shape index (κ2) is 6.23. The molecule has 1 aliphatic rings. The summed E-state index contributed by atoms with van der Waals surface area (Å²) in [5, 5.41) is 11.1. The van der Waals surface area contributed by atoms with Crippen molar-refractivity contribution in [2.24, 2.45) is 0 Å². The Kier molecular flexibility index (Phi) is 3.78. The standard InChI is InChI=1S/C18H17N5O/c24-18(22-10-9-15-3-1-2-4-17(15)12-22)16-7-5-14(6-8-16)11-23-13-19-20-21-23/h1-8,13H,9-12H2. The lowest BCUT2D eigenvalue weighted by molar-refractivity contribution is 0.0734. The molecule has 120 valence electrons. The molecule has 6 heteroatoms. The van der Waals surface area contributed by atoms with Gasteiger partial charge in [-0.25, -0.2) is 4.68 Å². The van der Waals surface area contributed by atoms with E-state index < -0.39 is 0 Å². The molecule has 2 heterocycles. The van der Waals surface area contributed by atoms with Crippen LogP contribution in [0.3, 0.4) is 0 Å². The lowest BCUT2D eigenvalue weighted by Gasteiger charge is -2.29. The number of hydrogen-bond acceptors (Lipinski definition) is 4. The maximum atomic E-state index is 12.7. The molecule has 1 aliphatic heterocycles. The summed E-state index contributed by atoms with van der Waals surface area (Å²) in [7, 11) is 0. The second-order valence-electron chi connectivity index (χ2n) is 5.95. The Labute approximate surface area is 139 Å². The zero-order chi connectivity index (χ0) is 16.4. The Morgan fingerprint density at radius 3 is 2.58 bits per heavy atom. The summed E-state index contributed by atoms with van der Waals surface area (Å²) < 4.78 is 1.65. The van der Waals surface area contributed by atoms with Gasteiger partial charge >= 0.3 is 0 Å². The van der Waals surface area contributed by atoms with Crippen LogP contribution in [0.1, 0.15) is 27.0 Å². The van der Waals surface area contributed by atoms with Crippen molar-refractivity contribution >= 4 is 5.91 Å². The molecular formula is C18H17N5O. The number of amides is 1. The van der Waals surface area contributed by atoms with Gasteiger partial charge < -0.3 is 4.90 Å². The van der Waals surface area contributed by atoms with E-state index in [0.29, 0.717) is 13.1 Å². The maximum Gasteiger partial charge on any atom is 0.254 e. The summed E-state index contributed by atoms with van der Waals surface area (Å²) in [5.74, 6) is 0.0819. The fourth-order valence-electron chi connectivity index (χ4n) is 3.04. The Balaban J connectivity index is 1.47. The molecule has 0 saturated carbocycles. The van der Waals surface area contributed by atoms with Crippen molar-refractivity contribution in [1.82, 2.24) is 25.1 Å². The molecule has 0 atom stereocenters. The van der Waals surface area contributed by atoms with Crippen molar-refractivity contribution in [3.63, 3.8) is 0 Å². The molecule has 2 aromatic carbocycles. The van der Waals surface area contributed by atoms with E-state index in [9.17, 15) is 4.79 Å². The minimum atomic E-state index is 0.0819. The van der Waals surface area contributed by atoms with Gasteiger partial charge in [0.05, 0.1) is 6.54 Å². The second-order valence-corrected chi connectivity index (χ2v) is 5.95. The molecular weight excluding hydrogens is 302 g/mol. The quantitative estimate of drug-likeness (QED) is 0.740. The van der Waals surface area contributed by atoms with Gasteiger partial charge in [-0.15, -0.1) is 5.10 Å². The van der Waals surface area contributed by atoms with E-state index in [1.165, 1.54) is 11.1 Å². The first-order chi connectivity index (χ1) is 11.8. The van der Waals surface area contributed by atoms with Crippen molar-refractivity contribution in [2.45, 2.75) is 19.5 Å². The van der Waals surface area contributed by atoms with Gasteiger partial charge in [0.2, 0.25) is 0 Å². The largest absolute Gasteiger partial charge is 0.334 e. The highest BCUT2D eigenvalue weighted by atomic mass is 16.2. The molecule has 0 aliphatic carbocycles. The molecule has 4 rings (SSSR count). The molecule has 1 amide bonds. The molecule has 6 nitrogen and oxygen atoms in total. The zero-order valence-electron chi connectivity index (χ0n) is 13.2. The molecule has 3 aromatic rings. The fourth-order valence-corrected chi connectivity index (χ4v) is 3.04. The van der Waals surface area contributed by atoms with Crippen LogP contribution in [0.4, 0.5) is 0 Å². The Hall–Kier alpha value is -3.02. The molecule has 0 spiro atoms. The number of hydrogen-bond donors (Lipinski definition) is 0. The van der Waals surface area contributed by atoms with Gasteiger partial charge in [0.15, 0.2) is 0 Å². The number of carbonyl (C=O) groups excluding carboxylic acids is 1. The molecule has 0 saturated heterocycles. The average molecular weight is 319 g/mol. The van der Waals surface area contributed by atoms with Crippen LogP contribution in [0.5, 0.6) is 0 Å². The fraction of sp³-hybridized carbons (Fsp3) is 0.222. The van der Waals surface area contributed by atoms with Gasteiger partial charge in [-0.1, -0.05) is 36.4 Å². The summed E-state index contributed by atoms with van der Waals surface area (Å²) in [6.07, 6.45) is 2.49. The highest BCUT2D eigenvalue weighted by Crippen LogP contribution is 2.20. The number of aromatic nitrogens is 4. The third kappa shape index (κ3) is 2.90. The third-order valence-corrected chi connectivity index (χ3v) is 4.35. The Morgan fingerprint density at radius 1 is 1.04 bits per heavy atom. The first-order valence-corrected chi connectivity index (χ1v) is 7.95. The average Bonchev–Trinajstić information content (AvgIpc) is 3.14. The summed E-state index contributed by atoms with van der Waals surface area (Å²) in [6.45, 7) is 2.04. The molecule has 0 unspecified atom stereocenters. The Morgan fingerprint density at radius 2 is 1.83 bits per heavy atom. The summed E-state index contributed by atoms with van der Waals surface area (Å²) in [4.78, 5) is 14.6. The van der Waals surface area contributed by atoms with Crippen molar-refractivity contribution in [2.75, 3.05) is 6.54 Å². The van der Waals surface area contributed by atoms with Crippen molar-refractivity contribution in [3.8, 4) is 0 Å². The molecule has 24 heavy (non-hydrogen) atoms. The normalized spacial score (nSPS) is 13.6. The highest BCUT2D eigenvalue weighted by Gasteiger charge is 2.21. The number of tetrazole rings is 1. The number of carbonyl (C=O) groups is 1. The summed E-state index contributed by atoms with van der Waals surface area (Å²) >= 11 is 0. The summed E-state index contributed by atoms with van der Waals surface area (Å²) in [5.41, 5.74) is 4.36. The zero-order valence-corrected chi connectivity index (χ0v) is 13.2. The van der Waals surface area contributed by atoms with Crippen LogP contribution >= 0.6 is 0 Å². The number of benzene rings is 2. The summed E-state index contributed by atoms with van der Waals surface area (Å²) in [6, 6.07) is 16.0. The number of fused-ring (bicyclic) bond motifs is 1. The van der Waals surface area contributed by atoms with Crippen LogP contribution in [0.25, 0.3) is 0 Å². The van der Waals surface area contributed by atoms with Crippen LogP contribution in [0, 0.1) is 0 Å². The lowest BCUT2D eigenvalue weighted by Crippen LogP contribution is -2.35. The van der Waals surface area contributed by atoms with Gasteiger partial charge in [-0.3, -0.25) is 4.79 Å². The van der Waals surface area contributed by atoms with Gasteiger partial charge in [0, 0.05) is 18.7 Å². The van der Waals surface area contributed by atoms with E-state index in [1.807, 2.05) is 35.2 Å². The van der Waals surface area contributed by atoms with E-state index in [0.717, 1.165) is 24.1 Å². The predicted octanol–water partition coefficient (Wildman–Crippen LogP) is 1.92. The lowest BCUT2D eigenvalue weighted by atomic mass is 9.99. The Bertz CT molecular complexity index is 842. The van der Waals surface area contributed by atoms with Crippen molar-refractivity contribution < 1.29 is 4.79 Å². The first-order valence-electron chi connectivity index (χ1n) is 7.95. The van der Waals surface area contributed by atoms with Crippen LogP contribution in [0.15, 0.2) is 54.9 Å². The van der Waals surface area contributed by atoms with E-state index in [4.69, 9.17) is 0 Å². The third-order valence-electron chi connectivity index (χ3n) is 4.35. The van der Waals surface area contributed by atoms with Crippen LogP contribution in [-0.2, 0) is 19.5 Å². The minimum Gasteiger partial charge on any atom is -0.334 e. The molecule has 0 radical (unpaired) electrons. The van der Waals surface area contributed by atoms with Gasteiger partial charge in [0.1, 0.15) is 6.33 Å². The SMILES string of the molecule is O=C(c1ccc(Cn2cnnn2)cc1)N1CCc2ccccc2C1. The molecule has 0 fully saturated rings. The molecule has 1 aromatic heterocycles. The predicted molar refractivity (Wildman–Crippen MR) is 88.2 cm³/mol. The van der Waals surface area contributed by atoms with E-state index in [2.05, 4.69) is 33.7 Å². The molecule has 0 N–H and O–H groups in total. The van der Waals surface area contributed by atoms with Crippen LogP contribution in [0.2, 0.25) is 0 Å². The maximum absolute atomic E-state index is 12.7. The highest BCUT2D eigenvalue weighted by molar-refractivity contribution is 5.94. The van der Waals surface area contributed by atoms with Crippen molar-refractivity contribution in [3.05, 3.63) is 77.1 Å². The number of rotatable bonds is 3. The smallest absolute Gasteiger partial charge is 0.254 e. The monoisotopic (exact) mass is 319 g/mol. The van der Waals surface area contributed by atoms with E-state index in [-0.39, 0.29) is 5.91 Å².